The first-order valence-corrected chi connectivity index (χ1v) is 6.95. The predicted octanol–water partition coefficient (Wildman–Crippen LogP) is 1.51. The summed E-state index contributed by atoms with van der Waals surface area (Å²) in [6.45, 7) is 2.12. The van der Waals surface area contributed by atoms with Crippen LogP contribution in [0.25, 0.3) is 0 Å². The lowest BCUT2D eigenvalue weighted by Gasteiger charge is -2.08. The van der Waals surface area contributed by atoms with Gasteiger partial charge < -0.3 is 5.73 Å². The third kappa shape index (κ3) is 2.53. The van der Waals surface area contributed by atoms with Crippen LogP contribution in [0.4, 0.5) is 0 Å². The van der Waals surface area contributed by atoms with E-state index in [-0.39, 0.29) is 17.0 Å². The van der Waals surface area contributed by atoms with E-state index in [2.05, 4.69) is 0 Å². The average molecular weight is 259 g/mol. The van der Waals surface area contributed by atoms with Crippen molar-refractivity contribution in [2.75, 3.05) is 0 Å². The molecule has 4 nitrogen and oxygen atoms in total. The Morgan fingerprint density at radius 3 is 2.44 bits per heavy atom. The zero-order valence-corrected chi connectivity index (χ0v) is 10.3. The van der Waals surface area contributed by atoms with Gasteiger partial charge >= 0.3 is 0 Å². The first-order valence-electron chi connectivity index (χ1n) is 4.64. The number of hydrogen-bond acceptors (Lipinski definition) is 4. The Balaban J connectivity index is 3.58. The third-order valence-corrected chi connectivity index (χ3v) is 3.65. The minimum atomic E-state index is -3.91. The summed E-state index contributed by atoms with van der Waals surface area (Å²) in [4.78, 5) is -0.172. The summed E-state index contributed by atoms with van der Waals surface area (Å²) in [5, 5.41) is 8.86. The Morgan fingerprint density at radius 1 is 1.44 bits per heavy atom. The van der Waals surface area contributed by atoms with Crippen LogP contribution in [0.2, 0.25) is 0 Å². The maximum atomic E-state index is 11.3. The zero-order chi connectivity index (χ0) is 12.3. The Bertz CT molecular complexity index is 547. The van der Waals surface area contributed by atoms with Crippen LogP contribution < -0.4 is 5.73 Å². The van der Waals surface area contributed by atoms with Crippen LogP contribution in [0, 0.1) is 11.3 Å². The molecule has 0 unspecified atom stereocenters. The maximum absolute atomic E-state index is 11.3. The summed E-state index contributed by atoms with van der Waals surface area (Å²) in [6, 6.07) is 4.72. The van der Waals surface area contributed by atoms with Gasteiger partial charge in [0, 0.05) is 17.2 Å². The molecule has 0 spiro atoms. The van der Waals surface area contributed by atoms with Crippen molar-refractivity contribution in [1.82, 2.24) is 0 Å². The van der Waals surface area contributed by atoms with Gasteiger partial charge in [0.05, 0.1) is 5.56 Å². The van der Waals surface area contributed by atoms with Gasteiger partial charge in [0.15, 0.2) is 0 Å². The number of halogens is 1. The first-order chi connectivity index (χ1) is 7.43. The van der Waals surface area contributed by atoms with E-state index in [9.17, 15) is 8.42 Å². The molecule has 0 aliphatic rings. The van der Waals surface area contributed by atoms with Gasteiger partial charge in [-0.25, -0.2) is 8.42 Å². The van der Waals surface area contributed by atoms with Crippen LogP contribution >= 0.6 is 10.7 Å². The number of rotatable bonds is 3. The van der Waals surface area contributed by atoms with Crippen LogP contribution in [-0.2, 0) is 22.0 Å². The van der Waals surface area contributed by atoms with E-state index < -0.39 is 9.05 Å². The maximum Gasteiger partial charge on any atom is 0.262 e. The van der Waals surface area contributed by atoms with Crippen LogP contribution in [0.1, 0.15) is 23.6 Å². The quantitative estimate of drug-likeness (QED) is 0.833. The molecule has 0 aromatic heterocycles. The van der Waals surface area contributed by atoms with Crippen LogP contribution in [0.5, 0.6) is 0 Å². The van der Waals surface area contributed by atoms with Gasteiger partial charge in [0.25, 0.3) is 9.05 Å². The normalized spacial score (nSPS) is 11.1. The van der Waals surface area contributed by atoms with Gasteiger partial charge in [-0.05, 0) is 29.7 Å². The zero-order valence-electron chi connectivity index (χ0n) is 8.70. The number of aryl methyl sites for hydroxylation is 1. The molecule has 1 rings (SSSR count). The molecule has 2 N–H and O–H groups in total. The lowest BCUT2D eigenvalue weighted by Crippen LogP contribution is -2.05. The predicted molar refractivity (Wildman–Crippen MR) is 61.5 cm³/mol. The Labute approximate surface area is 99.1 Å². The molecule has 0 saturated carbocycles. The van der Waals surface area contributed by atoms with Gasteiger partial charge in [0.1, 0.15) is 11.0 Å². The molecule has 0 amide bonds. The fraction of sp³-hybridized carbons (Fsp3) is 0.300. The van der Waals surface area contributed by atoms with Crippen LogP contribution in [-0.4, -0.2) is 8.42 Å². The highest BCUT2D eigenvalue weighted by Crippen LogP contribution is 2.24. The highest BCUT2D eigenvalue weighted by atomic mass is 35.7. The second-order valence-electron chi connectivity index (χ2n) is 3.22. The molecule has 0 atom stereocenters. The number of nitriles is 1. The van der Waals surface area contributed by atoms with Crippen molar-refractivity contribution in [2.24, 2.45) is 5.73 Å². The van der Waals surface area contributed by atoms with Gasteiger partial charge in [-0.2, -0.15) is 5.26 Å². The second-order valence-corrected chi connectivity index (χ2v) is 5.76. The topological polar surface area (TPSA) is 84.0 Å². The second kappa shape index (κ2) is 4.83. The number of hydrogen-bond donors (Lipinski definition) is 1. The van der Waals surface area contributed by atoms with E-state index in [1.54, 1.807) is 0 Å². The SMILES string of the molecule is CCc1cc(C#N)c(S(=O)(=O)Cl)cc1CN. The van der Waals surface area contributed by atoms with Crippen molar-refractivity contribution >= 4 is 19.7 Å². The van der Waals surface area contributed by atoms with Crippen molar-refractivity contribution in [3.63, 3.8) is 0 Å². The minimum Gasteiger partial charge on any atom is -0.326 e. The molecule has 0 bridgehead atoms. The summed E-state index contributed by atoms with van der Waals surface area (Å²) in [5.74, 6) is 0. The molecule has 6 heteroatoms. The van der Waals surface area contributed by atoms with E-state index in [1.807, 2.05) is 13.0 Å². The Hall–Kier alpha value is -1.09. The van der Waals surface area contributed by atoms with E-state index in [0.29, 0.717) is 12.0 Å². The van der Waals surface area contributed by atoms with E-state index in [1.165, 1.54) is 12.1 Å². The standard InChI is InChI=1S/C10H11ClN2O2S/c1-2-7-3-9(6-13)10(16(11,14)15)4-8(7)5-12/h3-4H,2,5,12H2,1H3. The molecule has 0 aliphatic carbocycles. The fourth-order valence-electron chi connectivity index (χ4n) is 1.47. The minimum absolute atomic E-state index is 0.0593. The molecule has 0 fully saturated rings. The van der Waals surface area contributed by atoms with Crippen molar-refractivity contribution in [1.29, 1.82) is 5.26 Å². The van der Waals surface area contributed by atoms with Crippen molar-refractivity contribution in [2.45, 2.75) is 24.8 Å². The summed E-state index contributed by atoms with van der Waals surface area (Å²) in [7, 11) is 1.34. The van der Waals surface area contributed by atoms with Crippen LogP contribution in [0.3, 0.4) is 0 Å². The molecule has 1 aromatic rings. The summed E-state index contributed by atoms with van der Waals surface area (Å²) in [5.41, 5.74) is 7.13. The fourth-order valence-corrected chi connectivity index (χ4v) is 2.51. The van der Waals surface area contributed by atoms with Crippen molar-refractivity contribution in [3.05, 3.63) is 28.8 Å². The first kappa shape index (κ1) is 13.0. The molecule has 0 aliphatic heterocycles. The number of nitrogens with two attached hydrogens (primary N) is 1. The Morgan fingerprint density at radius 2 is 2.06 bits per heavy atom. The van der Waals surface area contributed by atoms with Gasteiger partial charge in [-0.1, -0.05) is 6.92 Å². The molecule has 16 heavy (non-hydrogen) atoms. The monoisotopic (exact) mass is 258 g/mol. The van der Waals surface area contributed by atoms with Crippen molar-refractivity contribution in [3.8, 4) is 6.07 Å². The summed E-state index contributed by atoms with van der Waals surface area (Å²) < 4.78 is 22.5. The molecule has 0 heterocycles. The average Bonchev–Trinajstić information content (AvgIpc) is 2.25. The number of nitrogens with zero attached hydrogens (tertiary/aromatic N) is 1. The third-order valence-electron chi connectivity index (χ3n) is 2.29. The smallest absolute Gasteiger partial charge is 0.262 e. The van der Waals surface area contributed by atoms with Gasteiger partial charge in [0.2, 0.25) is 0 Å². The highest BCUT2D eigenvalue weighted by Gasteiger charge is 2.18. The van der Waals surface area contributed by atoms with Crippen LogP contribution in [0.15, 0.2) is 17.0 Å². The molecule has 0 radical (unpaired) electrons. The van der Waals surface area contributed by atoms with E-state index in [4.69, 9.17) is 21.7 Å². The van der Waals surface area contributed by atoms with E-state index >= 15 is 0 Å². The van der Waals surface area contributed by atoms with Gasteiger partial charge in [-0.15, -0.1) is 0 Å². The molecular formula is C10H11ClN2O2S. The largest absolute Gasteiger partial charge is 0.326 e. The lowest BCUT2D eigenvalue weighted by atomic mass is 10.0. The van der Waals surface area contributed by atoms with E-state index in [0.717, 1.165) is 5.56 Å². The summed E-state index contributed by atoms with van der Waals surface area (Å²) in [6.07, 6.45) is 0.684. The van der Waals surface area contributed by atoms with Gasteiger partial charge in [-0.3, -0.25) is 0 Å². The molecule has 0 saturated heterocycles. The number of benzene rings is 1. The molecule has 86 valence electrons. The molecule has 1 aromatic carbocycles. The highest BCUT2D eigenvalue weighted by molar-refractivity contribution is 8.13. The lowest BCUT2D eigenvalue weighted by molar-refractivity contribution is 0.609. The Kier molecular flexibility index (Phi) is 3.92. The molecular weight excluding hydrogens is 248 g/mol. The van der Waals surface area contributed by atoms with Crippen molar-refractivity contribution < 1.29 is 8.42 Å². The summed E-state index contributed by atoms with van der Waals surface area (Å²) >= 11 is 0.